The largest absolute Gasteiger partial charge is 0.362 e. The summed E-state index contributed by atoms with van der Waals surface area (Å²) in [6.45, 7) is 2.59. The fourth-order valence-electron chi connectivity index (χ4n) is 6.00. The summed E-state index contributed by atoms with van der Waals surface area (Å²) in [7, 11) is 0. The summed E-state index contributed by atoms with van der Waals surface area (Å²) in [5.41, 5.74) is 1.45. The Bertz CT molecular complexity index is 1040. The lowest BCUT2D eigenvalue weighted by Gasteiger charge is -2.60. The van der Waals surface area contributed by atoms with Crippen molar-refractivity contribution in [2.45, 2.75) is 44.7 Å². The highest BCUT2D eigenvalue weighted by Crippen LogP contribution is 2.58. The topological polar surface area (TPSA) is 70.2 Å². The molecule has 2 amide bonds. The maximum atomic E-state index is 13.8. The highest BCUT2D eigenvalue weighted by molar-refractivity contribution is 6.02. The number of rotatable bonds is 4. The Balaban J connectivity index is 1.29. The number of amides is 2. The van der Waals surface area contributed by atoms with Crippen molar-refractivity contribution in [1.82, 2.24) is 10.6 Å². The van der Waals surface area contributed by atoms with Gasteiger partial charge in [0.1, 0.15) is 11.5 Å². The monoisotopic (exact) mass is 421 g/mol. The van der Waals surface area contributed by atoms with Gasteiger partial charge in [-0.05, 0) is 61.3 Å². The van der Waals surface area contributed by atoms with Crippen LogP contribution in [0.25, 0.3) is 0 Å². The number of carbonyl (C=O) groups is 2. The van der Waals surface area contributed by atoms with Gasteiger partial charge in [0.05, 0.1) is 5.56 Å². The van der Waals surface area contributed by atoms with Gasteiger partial charge in [-0.2, -0.15) is 0 Å². The molecular weight excluding hydrogens is 393 g/mol. The summed E-state index contributed by atoms with van der Waals surface area (Å²) in [5.74, 6) is -0.151. The van der Waals surface area contributed by atoms with Crippen LogP contribution in [0.1, 0.15) is 48.5 Å². The lowest BCUT2D eigenvalue weighted by Crippen LogP contribution is -2.70. The molecule has 0 unspecified atom stereocenters. The van der Waals surface area contributed by atoms with Crippen molar-refractivity contribution in [3.63, 3.8) is 0 Å². The van der Waals surface area contributed by atoms with Gasteiger partial charge in [-0.25, -0.2) is 4.39 Å². The quantitative estimate of drug-likeness (QED) is 0.702. The maximum Gasteiger partial charge on any atom is 0.255 e. The number of hydrogen-bond donors (Lipinski definition) is 3. The van der Waals surface area contributed by atoms with E-state index in [2.05, 4.69) is 22.9 Å². The standard InChI is InChI=1S/C25H28FN3O2/c1-24-12-10-17(25(15-24)28-21-9-5-3-7-18(21)22(30)29-25)14-19(24)23(31)27-13-11-16-6-2-4-8-20(16)26/h2-9,17,19,28H,10-15H2,1H3,(H,27,31)(H,29,30)/t17-,19+,24+,25-/m0/s1. The molecule has 1 spiro atoms. The number of nitrogens with one attached hydrogen (secondary N) is 3. The summed E-state index contributed by atoms with van der Waals surface area (Å²) in [6.07, 6.45) is 3.87. The molecule has 4 aliphatic rings. The molecule has 4 atom stereocenters. The third kappa shape index (κ3) is 3.38. The second kappa shape index (κ2) is 7.36. The second-order valence-corrected chi connectivity index (χ2v) is 9.58. The number of fused-ring (bicyclic) bond motifs is 3. The molecule has 5 nitrogen and oxygen atoms in total. The van der Waals surface area contributed by atoms with Gasteiger partial charge in [0.15, 0.2) is 0 Å². The molecule has 3 N–H and O–H groups in total. The molecule has 3 fully saturated rings. The van der Waals surface area contributed by atoms with E-state index in [0.717, 1.165) is 31.4 Å². The van der Waals surface area contributed by atoms with Crippen molar-refractivity contribution in [1.29, 1.82) is 0 Å². The number of hydrogen-bond acceptors (Lipinski definition) is 3. The molecule has 1 aliphatic heterocycles. The highest BCUT2D eigenvalue weighted by Gasteiger charge is 2.60. The van der Waals surface area contributed by atoms with Gasteiger partial charge in [-0.1, -0.05) is 37.3 Å². The summed E-state index contributed by atoms with van der Waals surface area (Å²) in [5, 5.41) is 9.92. The van der Waals surface area contributed by atoms with Crippen LogP contribution in [0.2, 0.25) is 0 Å². The van der Waals surface area contributed by atoms with Crippen LogP contribution in [-0.2, 0) is 11.2 Å². The van der Waals surface area contributed by atoms with Gasteiger partial charge in [0.2, 0.25) is 5.91 Å². The molecule has 2 aromatic rings. The molecule has 31 heavy (non-hydrogen) atoms. The third-order valence-corrected chi connectivity index (χ3v) is 7.64. The van der Waals surface area contributed by atoms with E-state index in [-0.39, 0.29) is 34.9 Å². The average molecular weight is 422 g/mol. The van der Waals surface area contributed by atoms with Crippen LogP contribution in [0.4, 0.5) is 10.1 Å². The first-order chi connectivity index (χ1) is 14.9. The number of para-hydroxylation sites is 1. The minimum absolute atomic E-state index is 0.0425. The summed E-state index contributed by atoms with van der Waals surface area (Å²) in [6, 6.07) is 14.3. The lowest BCUT2D eigenvalue weighted by molar-refractivity contribution is -0.139. The van der Waals surface area contributed by atoms with Crippen molar-refractivity contribution in [3.05, 3.63) is 65.5 Å². The Morgan fingerprint density at radius 2 is 1.94 bits per heavy atom. The molecule has 162 valence electrons. The molecule has 6 heteroatoms. The minimum Gasteiger partial charge on any atom is -0.362 e. The Morgan fingerprint density at radius 3 is 2.74 bits per heavy atom. The number of anilines is 1. The fraction of sp³-hybridized carbons (Fsp3) is 0.440. The van der Waals surface area contributed by atoms with Crippen molar-refractivity contribution in [2.75, 3.05) is 11.9 Å². The van der Waals surface area contributed by atoms with Crippen LogP contribution in [0.3, 0.4) is 0 Å². The van der Waals surface area contributed by atoms with Crippen molar-refractivity contribution >= 4 is 17.5 Å². The molecule has 6 rings (SSSR count). The van der Waals surface area contributed by atoms with E-state index >= 15 is 0 Å². The van der Waals surface area contributed by atoms with Crippen LogP contribution in [0, 0.1) is 23.1 Å². The summed E-state index contributed by atoms with van der Waals surface area (Å²) < 4.78 is 13.8. The molecule has 0 aromatic heterocycles. The number of halogens is 1. The Kier molecular flexibility index (Phi) is 4.76. The maximum absolute atomic E-state index is 13.8. The molecule has 1 heterocycles. The zero-order valence-corrected chi connectivity index (χ0v) is 17.7. The number of carbonyl (C=O) groups excluding carboxylic acids is 2. The van der Waals surface area contributed by atoms with Gasteiger partial charge in [-0.15, -0.1) is 0 Å². The van der Waals surface area contributed by atoms with Crippen molar-refractivity contribution in [3.8, 4) is 0 Å². The van der Waals surface area contributed by atoms with Gasteiger partial charge in [0.25, 0.3) is 5.91 Å². The van der Waals surface area contributed by atoms with E-state index < -0.39 is 5.66 Å². The Morgan fingerprint density at radius 1 is 1.16 bits per heavy atom. The van der Waals surface area contributed by atoms with Gasteiger partial charge in [0, 0.05) is 24.1 Å². The Hall–Kier alpha value is -2.89. The first-order valence-corrected chi connectivity index (χ1v) is 11.1. The van der Waals surface area contributed by atoms with Crippen LogP contribution in [-0.4, -0.2) is 24.0 Å². The zero-order valence-electron chi connectivity index (χ0n) is 17.7. The van der Waals surface area contributed by atoms with E-state index in [1.807, 2.05) is 30.3 Å². The van der Waals surface area contributed by atoms with Gasteiger partial charge in [-0.3, -0.25) is 9.59 Å². The molecule has 2 bridgehead atoms. The predicted molar refractivity (Wildman–Crippen MR) is 117 cm³/mol. The predicted octanol–water partition coefficient (Wildman–Crippen LogP) is 3.86. The smallest absolute Gasteiger partial charge is 0.255 e. The second-order valence-electron chi connectivity index (χ2n) is 9.58. The first kappa shape index (κ1) is 20.0. The molecule has 0 saturated heterocycles. The van der Waals surface area contributed by atoms with E-state index in [9.17, 15) is 14.0 Å². The van der Waals surface area contributed by atoms with Gasteiger partial charge < -0.3 is 16.0 Å². The highest BCUT2D eigenvalue weighted by atomic mass is 19.1. The normalized spacial score (nSPS) is 31.0. The van der Waals surface area contributed by atoms with Crippen LogP contribution < -0.4 is 16.0 Å². The van der Waals surface area contributed by atoms with E-state index in [0.29, 0.717) is 24.1 Å². The van der Waals surface area contributed by atoms with Crippen molar-refractivity contribution < 1.29 is 14.0 Å². The van der Waals surface area contributed by atoms with Gasteiger partial charge >= 0.3 is 0 Å². The lowest BCUT2D eigenvalue weighted by atomic mass is 9.51. The minimum atomic E-state index is -0.498. The average Bonchev–Trinajstić information content (AvgIpc) is 2.74. The Labute approximate surface area is 181 Å². The fourth-order valence-corrected chi connectivity index (χ4v) is 6.00. The van der Waals surface area contributed by atoms with Crippen LogP contribution in [0.5, 0.6) is 0 Å². The van der Waals surface area contributed by atoms with Crippen molar-refractivity contribution in [2.24, 2.45) is 17.3 Å². The van der Waals surface area contributed by atoms with Crippen LogP contribution in [0.15, 0.2) is 48.5 Å². The molecule has 3 saturated carbocycles. The van der Waals surface area contributed by atoms with E-state index in [4.69, 9.17) is 0 Å². The third-order valence-electron chi connectivity index (χ3n) is 7.64. The molecule has 3 aliphatic carbocycles. The van der Waals surface area contributed by atoms with E-state index in [1.54, 1.807) is 12.1 Å². The molecule has 2 aromatic carbocycles. The number of benzene rings is 2. The first-order valence-electron chi connectivity index (χ1n) is 11.1. The molecular formula is C25H28FN3O2. The van der Waals surface area contributed by atoms with Crippen LogP contribution >= 0.6 is 0 Å². The van der Waals surface area contributed by atoms with E-state index in [1.165, 1.54) is 6.07 Å². The summed E-state index contributed by atoms with van der Waals surface area (Å²) >= 11 is 0. The zero-order chi connectivity index (χ0) is 21.6. The SMILES string of the molecule is C[C@]12CC[C@@H](C[C@@H]1C(=O)NCCc1ccccc1F)[C@]1(C2)NC(=O)c2ccccc2N1. The summed E-state index contributed by atoms with van der Waals surface area (Å²) in [4.78, 5) is 25.9. The molecule has 0 radical (unpaired) electrons.